The topological polar surface area (TPSA) is 74.6 Å². The first kappa shape index (κ1) is 13.8. The zero-order valence-corrected chi connectivity index (χ0v) is 10.9. The quantitative estimate of drug-likeness (QED) is 0.790. The Morgan fingerprint density at radius 2 is 1.47 bits per heavy atom. The monoisotopic (exact) mass is 276 g/mol. The molecule has 0 aliphatic rings. The number of benzene rings is 2. The summed E-state index contributed by atoms with van der Waals surface area (Å²) in [6.07, 6.45) is 0. The van der Waals surface area contributed by atoms with Gasteiger partial charge in [0.25, 0.3) is 0 Å². The van der Waals surface area contributed by atoms with E-state index in [1.807, 2.05) is 6.07 Å². The molecule has 6 heteroatoms. The Morgan fingerprint density at radius 3 is 2.00 bits per heavy atom. The lowest BCUT2D eigenvalue weighted by Crippen LogP contribution is -2.29. The number of rotatable bonds is 4. The third-order valence-electron chi connectivity index (χ3n) is 2.74. The fourth-order valence-electron chi connectivity index (χ4n) is 1.72. The summed E-state index contributed by atoms with van der Waals surface area (Å²) >= 11 is 0. The van der Waals surface area contributed by atoms with Gasteiger partial charge in [-0.3, -0.25) is 0 Å². The summed E-state index contributed by atoms with van der Waals surface area (Å²) in [5.74, 6) is -0.0745. The molecule has 4 nitrogen and oxygen atoms in total. The van der Waals surface area contributed by atoms with Crippen LogP contribution in [0.3, 0.4) is 0 Å². The van der Waals surface area contributed by atoms with Crippen molar-refractivity contribution in [3.8, 4) is 0 Å². The standard InChI is InChI=1S/C13H13BO4S/c15-14(16)12-6-8-13(9-7-12)19(17,18)10-11-4-2-1-3-5-11/h1-9,15-16H,10H2. The molecule has 2 aromatic rings. The number of hydrogen-bond donors (Lipinski definition) is 2. The Labute approximate surface area is 112 Å². The molecule has 19 heavy (non-hydrogen) atoms. The van der Waals surface area contributed by atoms with Crippen molar-refractivity contribution in [3.63, 3.8) is 0 Å². The molecule has 0 saturated carbocycles. The smallest absolute Gasteiger partial charge is 0.423 e. The molecule has 0 saturated heterocycles. The summed E-state index contributed by atoms with van der Waals surface area (Å²) in [6.45, 7) is 0. The SMILES string of the molecule is O=S(=O)(Cc1ccccc1)c1ccc(B(O)O)cc1. The van der Waals surface area contributed by atoms with Gasteiger partial charge in [-0.2, -0.15) is 0 Å². The van der Waals surface area contributed by atoms with E-state index in [2.05, 4.69) is 0 Å². The van der Waals surface area contributed by atoms with Crippen molar-refractivity contribution < 1.29 is 18.5 Å². The van der Waals surface area contributed by atoms with Crippen LogP contribution in [-0.4, -0.2) is 25.6 Å². The molecular formula is C13H13BO4S. The van der Waals surface area contributed by atoms with Crippen molar-refractivity contribution in [2.45, 2.75) is 10.6 Å². The summed E-state index contributed by atoms with van der Waals surface area (Å²) in [5, 5.41) is 17.9. The van der Waals surface area contributed by atoms with E-state index < -0.39 is 17.0 Å². The van der Waals surface area contributed by atoms with Crippen LogP contribution in [0.1, 0.15) is 5.56 Å². The zero-order valence-electron chi connectivity index (χ0n) is 10.1. The molecule has 2 N–H and O–H groups in total. The van der Waals surface area contributed by atoms with Crippen LogP contribution in [0.15, 0.2) is 59.5 Å². The highest BCUT2D eigenvalue weighted by Gasteiger charge is 2.17. The molecule has 0 aliphatic heterocycles. The second-order valence-electron chi connectivity index (χ2n) is 4.19. The van der Waals surface area contributed by atoms with Gasteiger partial charge in [-0.25, -0.2) is 8.42 Å². The minimum atomic E-state index is -3.42. The summed E-state index contributed by atoms with van der Waals surface area (Å²) < 4.78 is 24.3. The Hall–Kier alpha value is -1.63. The Balaban J connectivity index is 2.25. The first-order valence-corrected chi connectivity index (χ1v) is 7.37. The normalized spacial score (nSPS) is 11.3. The molecule has 0 aromatic heterocycles. The van der Waals surface area contributed by atoms with Crippen LogP contribution >= 0.6 is 0 Å². The van der Waals surface area contributed by atoms with Crippen molar-refractivity contribution in [3.05, 3.63) is 60.2 Å². The molecule has 0 bridgehead atoms. The average Bonchev–Trinajstić information content (AvgIpc) is 2.39. The van der Waals surface area contributed by atoms with Gasteiger partial charge in [0.1, 0.15) is 0 Å². The van der Waals surface area contributed by atoms with Gasteiger partial charge in [-0.1, -0.05) is 42.5 Å². The van der Waals surface area contributed by atoms with Crippen molar-refractivity contribution in [1.29, 1.82) is 0 Å². The van der Waals surface area contributed by atoms with E-state index in [9.17, 15) is 8.42 Å². The second kappa shape index (κ2) is 5.56. The Kier molecular flexibility index (Phi) is 4.04. The predicted molar refractivity (Wildman–Crippen MR) is 73.6 cm³/mol. The van der Waals surface area contributed by atoms with Crippen molar-refractivity contribution in [2.75, 3.05) is 0 Å². The molecule has 0 fully saturated rings. The summed E-state index contributed by atoms with van der Waals surface area (Å²) in [4.78, 5) is 0.167. The molecule has 98 valence electrons. The molecule has 0 amide bonds. The minimum Gasteiger partial charge on any atom is -0.423 e. The number of hydrogen-bond acceptors (Lipinski definition) is 4. The van der Waals surface area contributed by atoms with E-state index in [1.165, 1.54) is 24.3 Å². The highest BCUT2D eigenvalue weighted by atomic mass is 32.2. The van der Waals surface area contributed by atoms with E-state index in [1.54, 1.807) is 24.3 Å². The van der Waals surface area contributed by atoms with Gasteiger partial charge in [0.2, 0.25) is 0 Å². The van der Waals surface area contributed by atoms with Gasteiger partial charge in [-0.05, 0) is 23.2 Å². The van der Waals surface area contributed by atoms with Gasteiger partial charge in [0, 0.05) is 0 Å². The third kappa shape index (κ3) is 3.44. The third-order valence-corrected chi connectivity index (χ3v) is 4.44. The van der Waals surface area contributed by atoms with Crippen LogP contribution in [0.5, 0.6) is 0 Å². The van der Waals surface area contributed by atoms with Crippen molar-refractivity contribution in [1.82, 2.24) is 0 Å². The van der Waals surface area contributed by atoms with E-state index in [-0.39, 0.29) is 16.1 Å². The largest absolute Gasteiger partial charge is 0.488 e. The zero-order chi connectivity index (χ0) is 13.9. The van der Waals surface area contributed by atoms with Crippen LogP contribution in [-0.2, 0) is 15.6 Å². The van der Waals surface area contributed by atoms with E-state index >= 15 is 0 Å². The lowest BCUT2D eigenvalue weighted by Gasteiger charge is -2.06. The average molecular weight is 276 g/mol. The fourth-order valence-corrected chi connectivity index (χ4v) is 3.07. The van der Waals surface area contributed by atoms with Gasteiger partial charge >= 0.3 is 7.12 Å². The molecule has 0 heterocycles. The predicted octanol–water partition coefficient (Wildman–Crippen LogP) is 0.340. The molecule has 2 rings (SSSR count). The van der Waals surface area contributed by atoms with Gasteiger partial charge in [-0.15, -0.1) is 0 Å². The maximum atomic E-state index is 12.2. The van der Waals surface area contributed by atoms with Crippen LogP contribution in [0.2, 0.25) is 0 Å². The first-order chi connectivity index (χ1) is 8.99. The van der Waals surface area contributed by atoms with Crippen molar-refractivity contribution >= 4 is 22.4 Å². The van der Waals surface area contributed by atoms with E-state index in [0.29, 0.717) is 5.56 Å². The van der Waals surface area contributed by atoms with E-state index in [4.69, 9.17) is 10.0 Å². The highest BCUT2D eigenvalue weighted by Crippen LogP contribution is 2.15. The van der Waals surface area contributed by atoms with Crippen LogP contribution < -0.4 is 5.46 Å². The Bertz CT molecular complexity index is 636. The molecule has 0 unspecified atom stereocenters. The molecule has 0 spiro atoms. The van der Waals surface area contributed by atoms with Crippen LogP contribution in [0, 0.1) is 0 Å². The molecule has 0 radical (unpaired) electrons. The number of sulfone groups is 1. The molecular weight excluding hydrogens is 263 g/mol. The lowest BCUT2D eigenvalue weighted by atomic mass is 9.81. The van der Waals surface area contributed by atoms with Gasteiger partial charge < -0.3 is 10.0 Å². The lowest BCUT2D eigenvalue weighted by molar-refractivity contribution is 0.425. The van der Waals surface area contributed by atoms with Crippen molar-refractivity contribution in [2.24, 2.45) is 0 Å². The highest BCUT2D eigenvalue weighted by molar-refractivity contribution is 7.90. The minimum absolute atomic E-state index is 0.0745. The summed E-state index contributed by atoms with van der Waals surface area (Å²) in [7, 11) is -5.01. The fraction of sp³-hybridized carbons (Fsp3) is 0.0769. The van der Waals surface area contributed by atoms with Crippen LogP contribution in [0.25, 0.3) is 0 Å². The Morgan fingerprint density at radius 1 is 0.895 bits per heavy atom. The van der Waals surface area contributed by atoms with Gasteiger partial charge in [0.15, 0.2) is 9.84 Å². The summed E-state index contributed by atoms with van der Waals surface area (Å²) in [6, 6.07) is 14.5. The summed E-state index contributed by atoms with van der Waals surface area (Å²) in [5.41, 5.74) is 0.979. The maximum Gasteiger partial charge on any atom is 0.488 e. The van der Waals surface area contributed by atoms with Gasteiger partial charge in [0.05, 0.1) is 10.6 Å². The maximum absolute atomic E-state index is 12.2. The molecule has 2 aromatic carbocycles. The van der Waals surface area contributed by atoms with E-state index in [0.717, 1.165) is 0 Å². The van der Waals surface area contributed by atoms with Crippen LogP contribution in [0.4, 0.5) is 0 Å². The molecule has 0 atom stereocenters. The first-order valence-electron chi connectivity index (χ1n) is 5.72. The molecule has 0 aliphatic carbocycles. The second-order valence-corrected chi connectivity index (χ2v) is 6.18.